The number of carbonyl (C=O) groups is 1. The molecule has 7 nitrogen and oxygen atoms in total. The molecule has 9 heteroatoms. The molecule has 0 saturated carbocycles. The van der Waals surface area contributed by atoms with Crippen LogP contribution in [0.3, 0.4) is 0 Å². The van der Waals surface area contributed by atoms with Crippen LogP contribution in [0.5, 0.6) is 5.75 Å². The van der Waals surface area contributed by atoms with Crippen molar-refractivity contribution in [1.29, 1.82) is 0 Å². The van der Waals surface area contributed by atoms with Crippen molar-refractivity contribution in [3.05, 3.63) is 58.3 Å². The fourth-order valence-electron chi connectivity index (χ4n) is 2.57. The second-order valence-electron chi connectivity index (χ2n) is 5.72. The van der Waals surface area contributed by atoms with Gasteiger partial charge in [-0.05, 0) is 49.4 Å². The molecule has 0 saturated heterocycles. The molecule has 0 bridgehead atoms. The van der Waals surface area contributed by atoms with E-state index in [4.69, 9.17) is 4.74 Å². The number of nitrogens with zero attached hydrogens (tertiary/aromatic N) is 4. The Hall–Kier alpha value is -2.78. The number of amides is 1. The Morgan fingerprint density at radius 3 is 2.67 bits per heavy atom. The highest BCUT2D eigenvalue weighted by Gasteiger charge is 2.15. The SMILES string of the molecule is COc1ccc(-c2nn3c(C)nnc3s2)cc1NC(=O)c1ccc(Br)cc1. The Morgan fingerprint density at radius 1 is 1.19 bits per heavy atom. The number of methoxy groups -OCH3 is 1. The van der Waals surface area contributed by atoms with Gasteiger partial charge in [-0.15, -0.1) is 10.2 Å². The second kappa shape index (κ2) is 7.09. The molecule has 0 fully saturated rings. The van der Waals surface area contributed by atoms with E-state index < -0.39 is 0 Å². The maximum atomic E-state index is 12.6. The van der Waals surface area contributed by atoms with Crippen molar-refractivity contribution in [2.45, 2.75) is 6.92 Å². The minimum atomic E-state index is -0.216. The smallest absolute Gasteiger partial charge is 0.255 e. The summed E-state index contributed by atoms with van der Waals surface area (Å²) < 4.78 is 8.00. The summed E-state index contributed by atoms with van der Waals surface area (Å²) in [5.41, 5.74) is 1.99. The first-order valence-corrected chi connectivity index (χ1v) is 9.60. The van der Waals surface area contributed by atoms with Crippen molar-refractivity contribution in [3.8, 4) is 16.3 Å². The standard InChI is InChI=1S/C18H14BrN5O2S/c1-10-21-22-18-24(10)23-17(27-18)12-5-8-15(26-2)14(9-12)20-16(25)11-3-6-13(19)7-4-11/h3-9H,1-2H3,(H,20,25). The average Bonchev–Trinajstić information content (AvgIpc) is 3.24. The number of fused-ring (bicyclic) bond motifs is 1. The Kier molecular flexibility index (Phi) is 4.63. The van der Waals surface area contributed by atoms with Gasteiger partial charge in [0.1, 0.15) is 10.8 Å². The van der Waals surface area contributed by atoms with Crippen molar-refractivity contribution in [3.63, 3.8) is 0 Å². The van der Waals surface area contributed by atoms with E-state index in [1.807, 2.05) is 37.3 Å². The van der Waals surface area contributed by atoms with Crippen LogP contribution < -0.4 is 10.1 Å². The summed E-state index contributed by atoms with van der Waals surface area (Å²) in [6.45, 7) is 1.85. The lowest BCUT2D eigenvalue weighted by Gasteiger charge is -2.11. The second-order valence-corrected chi connectivity index (χ2v) is 7.60. The monoisotopic (exact) mass is 443 g/mol. The molecule has 4 rings (SSSR count). The summed E-state index contributed by atoms with van der Waals surface area (Å²) in [5, 5.41) is 16.3. The predicted octanol–water partition coefficient (Wildman–Crippen LogP) is 4.18. The summed E-state index contributed by atoms with van der Waals surface area (Å²) in [5.74, 6) is 1.08. The van der Waals surface area contributed by atoms with E-state index in [9.17, 15) is 4.79 Å². The Balaban J connectivity index is 1.68. The fraction of sp³-hybridized carbons (Fsp3) is 0.111. The molecule has 1 N–H and O–H groups in total. The number of benzene rings is 2. The Labute approximate surface area is 167 Å². The van der Waals surface area contributed by atoms with E-state index in [1.165, 1.54) is 11.3 Å². The van der Waals surface area contributed by atoms with Gasteiger partial charge in [0.15, 0.2) is 5.82 Å². The number of rotatable bonds is 4. The van der Waals surface area contributed by atoms with Gasteiger partial charge in [-0.25, -0.2) is 0 Å². The highest BCUT2D eigenvalue weighted by atomic mass is 79.9. The Morgan fingerprint density at radius 2 is 1.96 bits per heavy atom. The molecule has 136 valence electrons. The highest BCUT2D eigenvalue weighted by molar-refractivity contribution is 9.10. The van der Waals surface area contributed by atoms with Gasteiger partial charge < -0.3 is 10.1 Å². The molecule has 0 spiro atoms. The molecule has 4 aromatic rings. The number of ether oxygens (including phenoxy) is 1. The zero-order valence-corrected chi connectivity index (χ0v) is 16.8. The van der Waals surface area contributed by atoms with Crippen molar-refractivity contribution >= 4 is 43.8 Å². The number of carbonyl (C=O) groups excluding carboxylic acids is 1. The van der Waals surface area contributed by atoms with Crippen LogP contribution in [0.25, 0.3) is 15.5 Å². The van der Waals surface area contributed by atoms with E-state index in [1.54, 1.807) is 23.8 Å². The van der Waals surface area contributed by atoms with Crippen LogP contribution in [-0.4, -0.2) is 32.8 Å². The van der Waals surface area contributed by atoms with Crippen LogP contribution in [0, 0.1) is 6.92 Å². The van der Waals surface area contributed by atoms with Gasteiger partial charge in [0.25, 0.3) is 5.91 Å². The molecular formula is C18H14BrN5O2S. The summed E-state index contributed by atoms with van der Waals surface area (Å²) >= 11 is 4.80. The number of aromatic nitrogens is 4. The summed E-state index contributed by atoms with van der Waals surface area (Å²) in [6, 6.07) is 12.7. The van der Waals surface area contributed by atoms with Gasteiger partial charge in [-0.2, -0.15) is 9.61 Å². The summed E-state index contributed by atoms with van der Waals surface area (Å²) in [4.78, 5) is 13.3. The van der Waals surface area contributed by atoms with Gasteiger partial charge in [-0.1, -0.05) is 27.3 Å². The largest absolute Gasteiger partial charge is 0.495 e. The zero-order valence-electron chi connectivity index (χ0n) is 14.4. The van der Waals surface area contributed by atoms with E-state index in [0.29, 0.717) is 17.0 Å². The van der Waals surface area contributed by atoms with Gasteiger partial charge in [0.2, 0.25) is 4.96 Å². The van der Waals surface area contributed by atoms with E-state index >= 15 is 0 Å². The zero-order chi connectivity index (χ0) is 19.0. The van der Waals surface area contributed by atoms with E-state index in [0.717, 1.165) is 25.8 Å². The number of halogens is 1. The molecule has 0 aliphatic rings. The van der Waals surface area contributed by atoms with Crippen LogP contribution in [0.15, 0.2) is 46.9 Å². The van der Waals surface area contributed by atoms with Crippen LogP contribution in [-0.2, 0) is 0 Å². The maximum Gasteiger partial charge on any atom is 0.255 e. The Bertz CT molecular complexity index is 1140. The van der Waals surface area contributed by atoms with Gasteiger partial charge in [0, 0.05) is 15.6 Å². The predicted molar refractivity (Wildman–Crippen MR) is 107 cm³/mol. The molecule has 1 amide bonds. The van der Waals surface area contributed by atoms with E-state index in [-0.39, 0.29) is 5.91 Å². The number of nitrogens with one attached hydrogen (secondary N) is 1. The average molecular weight is 444 g/mol. The molecule has 27 heavy (non-hydrogen) atoms. The van der Waals surface area contributed by atoms with Crippen LogP contribution in [0.2, 0.25) is 0 Å². The molecule has 2 aromatic carbocycles. The van der Waals surface area contributed by atoms with Gasteiger partial charge in [-0.3, -0.25) is 4.79 Å². The minimum Gasteiger partial charge on any atom is -0.495 e. The van der Waals surface area contributed by atoms with Gasteiger partial charge in [0.05, 0.1) is 12.8 Å². The quantitative estimate of drug-likeness (QED) is 0.511. The molecule has 2 aromatic heterocycles. The lowest BCUT2D eigenvalue weighted by atomic mass is 10.1. The number of hydrogen-bond donors (Lipinski definition) is 1. The summed E-state index contributed by atoms with van der Waals surface area (Å²) in [7, 11) is 1.57. The van der Waals surface area contributed by atoms with Crippen LogP contribution in [0.4, 0.5) is 5.69 Å². The fourth-order valence-corrected chi connectivity index (χ4v) is 3.71. The molecule has 0 radical (unpaired) electrons. The first-order valence-electron chi connectivity index (χ1n) is 7.99. The minimum absolute atomic E-state index is 0.216. The third-order valence-electron chi connectivity index (χ3n) is 3.95. The van der Waals surface area contributed by atoms with Crippen LogP contribution >= 0.6 is 27.3 Å². The first-order chi connectivity index (χ1) is 13.0. The van der Waals surface area contributed by atoms with Crippen molar-refractivity contribution < 1.29 is 9.53 Å². The van der Waals surface area contributed by atoms with Gasteiger partial charge >= 0.3 is 0 Å². The highest BCUT2D eigenvalue weighted by Crippen LogP contribution is 2.33. The number of hydrogen-bond acceptors (Lipinski definition) is 6. The number of anilines is 1. The normalized spacial score (nSPS) is 10.9. The third kappa shape index (κ3) is 3.43. The molecule has 0 unspecified atom stereocenters. The molecule has 2 heterocycles. The maximum absolute atomic E-state index is 12.6. The molecule has 0 aliphatic heterocycles. The topological polar surface area (TPSA) is 81.4 Å². The summed E-state index contributed by atoms with van der Waals surface area (Å²) in [6.07, 6.45) is 0. The van der Waals surface area contributed by atoms with Crippen LogP contribution in [0.1, 0.15) is 16.2 Å². The first kappa shape index (κ1) is 17.6. The third-order valence-corrected chi connectivity index (χ3v) is 5.42. The lowest BCUT2D eigenvalue weighted by molar-refractivity contribution is 0.102. The van der Waals surface area contributed by atoms with Crippen molar-refractivity contribution in [1.82, 2.24) is 19.8 Å². The molecular weight excluding hydrogens is 430 g/mol. The molecule has 0 aliphatic carbocycles. The lowest BCUT2D eigenvalue weighted by Crippen LogP contribution is -2.12. The van der Waals surface area contributed by atoms with Crippen molar-refractivity contribution in [2.75, 3.05) is 12.4 Å². The number of aryl methyl sites for hydroxylation is 1. The molecule has 0 atom stereocenters. The van der Waals surface area contributed by atoms with E-state index in [2.05, 4.69) is 36.5 Å². The van der Waals surface area contributed by atoms with Crippen molar-refractivity contribution in [2.24, 2.45) is 0 Å².